The first-order chi connectivity index (χ1) is 9.75. The van der Waals surface area contributed by atoms with Crippen LogP contribution in [-0.4, -0.2) is 5.03 Å². The van der Waals surface area contributed by atoms with Crippen LogP contribution in [-0.2, 0) is 0 Å². The minimum Gasteiger partial charge on any atom is -0.234 e. The van der Waals surface area contributed by atoms with Crippen molar-refractivity contribution in [2.45, 2.75) is 0 Å². The highest BCUT2D eigenvalue weighted by Gasteiger charge is 2.19. The number of anilines is 2. The second-order valence-corrected chi connectivity index (χ2v) is 4.42. The lowest BCUT2D eigenvalue weighted by Crippen LogP contribution is -2.24. The average Bonchev–Trinajstić information content (AvgIpc) is 2.48. The Balaban J connectivity index is 2.13. The Labute approximate surface area is 116 Å². The Kier molecular flexibility index (Phi) is 3.05. The van der Waals surface area contributed by atoms with Crippen molar-refractivity contribution < 1.29 is 5.03 Å². The predicted molar refractivity (Wildman–Crippen MR) is 79.5 cm³/mol. The van der Waals surface area contributed by atoms with Crippen LogP contribution in [0.25, 0.3) is 10.8 Å². The minimum atomic E-state index is -0.403. The van der Waals surface area contributed by atoms with E-state index < -0.39 is 5.03 Å². The highest BCUT2D eigenvalue weighted by atomic mass is 16.7. The molecule has 0 saturated heterocycles. The lowest BCUT2D eigenvalue weighted by atomic mass is 10.1. The van der Waals surface area contributed by atoms with Crippen LogP contribution in [0.4, 0.5) is 11.4 Å². The zero-order valence-electron chi connectivity index (χ0n) is 10.6. The van der Waals surface area contributed by atoms with Gasteiger partial charge in [-0.3, -0.25) is 0 Å². The van der Waals surface area contributed by atoms with Gasteiger partial charge in [0.05, 0.1) is 0 Å². The number of hydrazine groups is 1. The van der Waals surface area contributed by atoms with Crippen molar-refractivity contribution in [2.75, 3.05) is 5.01 Å². The molecule has 0 aliphatic rings. The molecule has 0 saturated carbocycles. The highest BCUT2D eigenvalue weighted by Crippen LogP contribution is 2.28. The third kappa shape index (κ3) is 2.19. The fraction of sp³-hybridized carbons (Fsp3) is 0. The Bertz CT molecular complexity index is 757. The molecule has 0 aliphatic heterocycles. The lowest BCUT2D eigenvalue weighted by Gasteiger charge is -2.14. The molecule has 0 fully saturated rings. The molecule has 98 valence electrons. The van der Waals surface area contributed by atoms with E-state index in [1.807, 2.05) is 42.5 Å². The summed E-state index contributed by atoms with van der Waals surface area (Å²) in [4.78, 5) is 11.4. The van der Waals surface area contributed by atoms with E-state index in [4.69, 9.17) is 0 Å². The van der Waals surface area contributed by atoms with Gasteiger partial charge in [0.1, 0.15) is 11.4 Å². The second kappa shape index (κ2) is 5.01. The first-order valence-electron chi connectivity index (χ1n) is 6.24. The van der Waals surface area contributed by atoms with E-state index in [0.29, 0.717) is 11.4 Å². The van der Waals surface area contributed by atoms with Crippen molar-refractivity contribution in [3.05, 3.63) is 82.9 Å². The summed E-state index contributed by atoms with van der Waals surface area (Å²) >= 11 is 0. The molecular weight excluding hydrogens is 252 g/mol. The maximum Gasteiger partial charge on any atom is 0.170 e. The maximum absolute atomic E-state index is 11.4. The van der Waals surface area contributed by atoms with Gasteiger partial charge >= 0.3 is 0 Å². The van der Waals surface area contributed by atoms with Gasteiger partial charge in [-0.2, -0.15) is 0 Å². The van der Waals surface area contributed by atoms with Crippen LogP contribution in [0.15, 0.2) is 72.8 Å². The summed E-state index contributed by atoms with van der Waals surface area (Å²) in [6.07, 6.45) is 0. The Hall–Kier alpha value is -2.88. The molecule has 0 radical (unpaired) electrons. The molecule has 0 aromatic heterocycles. The molecule has 0 N–H and O–H groups in total. The van der Waals surface area contributed by atoms with Crippen LogP contribution in [0.1, 0.15) is 0 Å². The van der Waals surface area contributed by atoms with E-state index in [9.17, 15) is 10.1 Å². The van der Waals surface area contributed by atoms with Gasteiger partial charge in [0.2, 0.25) is 0 Å². The molecule has 4 nitrogen and oxygen atoms in total. The topological polar surface area (TPSA) is 46.4 Å². The van der Waals surface area contributed by atoms with E-state index in [1.165, 1.54) is 0 Å². The third-order valence-electron chi connectivity index (χ3n) is 3.14. The summed E-state index contributed by atoms with van der Waals surface area (Å²) in [5.74, 6) is 0. The van der Waals surface area contributed by atoms with Gasteiger partial charge in [-0.1, -0.05) is 53.5 Å². The van der Waals surface area contributed by atoms with Crippen molar-refractivity contribution in [2.24, 2.45) is 0 Å². The summed E-state index contributed by atoms with van der Waals surface area (Å²) in [5.41, 5.74) is 1.08. The molecule has 20 heavy (non-hydrogen) atoms. The van der Waals surface area contributed by atoms with Crippen molar-refractivity contribution >= 4 is 22.1 Å². The van der Waals surface area contributed by atoms with E-state index >= 15 is 0 Å². The number of hydrogen-bond acceptors (Lipinski definition) is 2. The highest BCUT2D eigenvalue weighted by molar-refractivity contribution is 5.86. The van der Waals surface area contributed by atoms with E-state index in [2.05, 4.69) is 0 Å². The second-order valence-electron chi connectivity index (χ2n) is 4.42. The Morgan fingerprint density at radius 3 is 2.10 bits per heavy atom. The van der Waals surface area contributed by atoms with Crippen LogP contribution >= 0.6 is 0 Å². The average molecular weight is 264 g/mol. The van der Waals surface area contributed by atoms with Gasteiger partial charge in [0, 0.05) is 0 Å². The van der Waals surface area contributed by atoms with Gasteiger partial charge in [-0.25, -0.2) is 10.1 Å². The third-order valence-corrected chi connectivity index (χ3v) is 3.14. The molecule has 0 aliphatic carbocycles. The molecule has 0 heterocycles. The summed E-state index contributed by atoms with van der Waals surface area (Å²) in [5, 5.41) is 14.1. The zero-order valence-corrected chi connectivity index (χ0v) is 10.6. The predicted octanol–water partition coefficient (Wildman–Crippen LogP) is 4.17. The molecule has 3 rings (SSSR count). The maximum atomic E-state index is 11.4. The van der Waals surface area contributed by atoms with Crippen LogP contribution in [0.3, 0.4) is 0 Å². The van der Waals surface area contributed by atoms with Crippen molar-refractivity contribution in [3.8, 4) is 0 Å². The number of nitro groups is 1. The van der Waals surface area contributed by atoms with Crippen LogP contribution in [0, 0.1) is 10.1 Å². The smallest absolute Gasteiger partial charge is 0.170 e. The lowest BCUT2D eigenvalue weighted by molar-refractivity contribution is -0.483. The van der Waals surface area contributed by atoms with Crippen LogP contribution in [0.5, 0.6) is 0 Å². The van der Waals surface area contributed by atoms with Gasteiger partial charge in [0.15, 0.2) is 5.03 Å². The number of para-hydroxylation sites is 1. The van der Waals surface area contributed by atoms with E-state index in [1.54, 1.807) is 30.3 Å². The molecular formula is C16H12N2O2. The van der Waals surface area contributed by atoms with E-state index in [-0.39, 0.29) is 0 Å². The molecule has 0 atom stereocenters. The van der Waals surface area contributed by atoms with E-state index in [0.717, 1.165) is 15.8 Å². The SMILES string of the molecule is O=[N+]([O-])N(c1ccccc1)c1ccc2ccccc2c1. The molecule has 0 bridgehead atoms. The number of rotatable bonds is 3. The van der Waals surface area contributed by atoms with Gasteiger partial charge < -0.3 is 0 Å². The largest absolute Gasteiger partial charge is 0.234 e. The van der Waals surface area contributed by atoms with Gasteiger partial charge in [-0.15, -0.1) is 0 Å². The number of benzene rings is 3. The van der Waals surface area contributed by atoms with Crippen LogP contribution < -0.4 is 5.01 Å². The van der Waals surface area contributed by atoms with Crippen molar-refractivity contribution in [1.29, 1.82) is 0 Å². The zero-order chi connectivity index (χ0) is 13.9. The Morgan fingerprint density at radius 1 is 0.750 bits per heavy atom. The van der Waals surface area contributed by atoms with Crippen LogP contribution in [0.2, 0.25) is 0 Å². The standard InChI is InChI=1S/C16H12N2O2/c19-18(20)17(15-8-2-1-3-9-15)16-11-10-13-6-4-5-7-14(13)12-16/h1-12H. The minimum absolute atomic E-state index is 0.403. The number of fused-ring (bicyclic) bond motifs is 1. The number of nitrogens with zero attached hydrogens (tertiary/aromatic N) is 2. The molecule has 3 aromatic carbocycles. The molecule has 0 amide bonds. The number of hydrogen-bond donors (Lipinski definition) is 0. The molecule has 0 spiro atoms. The molecule has 0 unspecified atom stereocenters. The fourth-order valence-corrected chi connectivity index (χ4v) is 2.22. The first kappa shape index (κ1) is 12.2. The monoisotopic (exact) mass is 264 g/mol. The summed E-state index contributed by atoms with van der Waals surface area (Å²) in [6, 6.07) is 22.1. The summed E-state index contributed by atoms with van der Waals surface area (Å²) in [7, 11) is 0. The fourth-order valence-electron chi connectivity index (χ4n) is 2.22. The van der Waals surface area contributed by atoms with Gasteiger partial charge in [0.25, 0.3) is 0 Å². The quantitative estimate of drug-likeness (QED) is 0.527. The van der Waals surface area contributed by atoms with Gasteiger partial charge in [-0.05, 0) is 35.0 Å². The normalized spacial score (nSPS) is 10.4. The summed E-state index contributed by atoms with van der Waals surface area (Å²) < 4.78 is 0. The molecule has 3 aromatic rings. The Morgan fingerprint density at radius 2 is 1.40 bits per heavy atom. The summed E-state index contributed by atoms with van der Waals surface area (Å²) in [6.45, 7) is 0. The first-order valence-corrected chi connectivity index (χ1v) is 6.24. The van der Waals surface area contributed by atoms with Crippen molar-refractivity contribution in [1.82, 2.24) is 0 Å². The molecule has 4 heteroatoms. The van der Waals surface area contributed by atoms with Crippen molar-refractivity contribution in [3.63, 3.8) is 0 Å².